The van der Waals surface area contributed by atoms with E-state index >= 15 is 0 Å². The molecule has 16 heavy (non-hydrogen) atoms. The third-order valence-electron chi connectivity index (χ3n) is 2.27. The molecule has 0 spiro atoms. The summed E-state index contributed by atoms with van der Waals surface area (Å²) < 4.78 is 17.5. The third kappa shape index (κ3) is 6.80. The highest BCUT2D eigenvalue weighted by atomic mass is 28.4. The summed E-state index contributed by atoms with van der Waals surface area (Å²) >= 11 is 0. The van der Waals surface area contributed by atoms with E-state index in [9.17, 15) is 0 Å². The van der Waals surface area contributed by atoms with Gasteiger partial charge in [-0.2, -0.15) is 0 Å². The van der Waals surface area contributed by atoms with E-state index < -0.39 is 16.9 Å². The quantitative estimate of drug-likeness (QED) is 0.598. The van der Waals surface area contributed by atoms with Crippen LogP contribution in [0.5, 0.6) is 0 Å². The van der Waals surface area contributed by atoms with Crippen LogP contribution in [0.25, 0.3) is 0 Å². The van der Waals surface area contributed by atoms with E-state index in [2.05, 4.69) is 19.6 Å². The zero-order valence-electron chi connectivity index (χ0n) is 11.8. The Labute approximate surface area is 103 Å². The largest absolute Gasteiger partial charge is 0.500 e. The van der Waals surface area contributed by atoms with Crippen molar-refractivity contribution in [2.75, 3.05) is 19.8 Å². The fraction of sp³-hybridized carbons (Fsp3) is 1.00. The SMILES string of the molecule is CCO[Si](CC[Si](C)(C)C)(OCC)OCC. The van der Waals surface area contributed by atoms with E-state index in [1.807, 2.05) is 20.8 Å². The molecule has 0 aromatic heterocycles. The van der Waals surface area contributed by atoms with Gasteiger partial charge in [0.2, 0.25) is 0 Å². The first-order chi connectivity index (χ1) is 7.39. The molecular weight excluding hydrogens is 236 g/mol. The minimum atomic E-state index is -2.37. The molecule has 0 radical (unpaired) electrons. The zero-order valence-corrected chi connectivity index (χ0v) is 13.8. The van der Waals surface area contributed by atoms with Crippen LogP contribution in [0, 0.1) is 0 Å². The third-order valence-corrected chi connectivity index (χ3v) is 7.57. The van der Waals surface area contributed by atoms with Gasteiger partial charge in [0.25, 0.3) is 0 Å². The number of hydrogen-bond acceptors (Lipinski definition) is 3. The fourth-order valence-corrected chi connectivity index (χ4v) is 7.76. The molecule has 0 amide bonds. The molecular formula is C11H28O3Si2. The maximum Gasteiger partial charge on any atom is 0.500 e. The van der Waals surface area contributed by atoms with Gasteiger partial charge in [-0.3, -0.25) is 0 Å². The van der Waals surface area contributed by atoms with Crippen LogP contribution in [0.2, 0.25) is 31.7 Å². The van der Waals surface area contributed by atoms with Crippen LogP contribution < -0.4 is 0 Å². The lowest BCUT2D eigenvalue weighted by atomic mass is 10.9. The van der Waals surface area contributed by atoms with Crippen LogP contribution >= 0.6 is 0 Å². The van der Waals surface area contributed by atoms with Crippen LogP contribution in [0.3, 0.4) is 0 Å². The summed E-state index contributed by atoms with van der Waals surface area (Å²) in [6.45, 7) is 15.2. The Bertz CT molecular complexity index is 164. The molecule has 5 heteroatoms. The molecule has 0 saturated heterocycles. The van der Waals surface area contributed by atoms with Gasteiger partial charge >= 0.3 is 8.80 Å². The van der Waals surface area contributed by atoms with Gasteiger partial charge in [-0.15, -0.1) is 0 Å². The van der Waals surface area contributed by atoms with E-state index in [0.717, 1.165) is 6.04 Å². The van der Waals surface area contributed by atoms with Crippen molar-refractivity contribution >= 4 is 16.9 Å². The van der Waals surface area contributed by atoms with Crippen LogP contribution in [-0.2, 0) is 13.3 Å². The maximum atomic E-state index is 5.82. The first kappa shape index (κ1) is 16.3. The zero-order chi connectivity index (χ0) is 12.7. The van der Waals surface area contributed by atoms with Crippen LogP contribution in [0.4, 0.5) is 0 Å². The van der Waals surface area contributed by atoms with Gasteiger partial charge in [-0.25, -0.2) is 0 Å². The molecule has 0 rings (SSSR count). The van der Waals surface area contributed by atoms with Crippen LogP contribution in [0.15, 0.2) is 0 Å². The Hall–Kier alpha value is 0.314. The summed E-state index contributed by atoms with van der Waals surface area (Å²) in [4.78, 5) is 0. The van der Waals surface area contributed by atoms with Gasteiger partial charge in [0.05, 0.1) is 0 Å². The van der Waals surface area contributed by atoms with Crippen molar-refractivity contribution in [3.63, 3.8) is 0 Å². The van der Waals surface area contributed by atoms with E-state index in [-0.39, 0.29) is 0 Å². The average Bonchev–Trinajstić information content (AvgIpc) is 2.15. The summed E-state index contributed by atoms with van der Waals surface area (Å²) in [6.07, 6.45) is 0. The predicted octanol–water partition coefficient (Wildman–Crippen LogP) is 3.37. The molecule has 0 aliphatic rings. The van der Waals surface area contributed by atoms with Crippen molar-refractivity contribution in [1.29, 1.82) is 0 Å². The van der Waals surface area contributed by atoms with Gasteiger partial charge in [0, 0.05) is 33.9 Å². The Morgan fingerprint density at radius 2 is 1.06 bits per heavy atom. The Kier molecular flexibility index (Phi) is 7.75. The van der Waals surface area contributed by atoms with Crippen LogP contribution in [-0.4, -0.2) is 36.7 Å². The van der Waals surface area contributed by atoms with Gasteiger partial charge in [0.1, 0.15) is 0 Å². The molecule has 0 unspecified atom stereocenters. The highest BCUT2D eigenvalue weighted by Gasteiger charge is 2.41. The normalized spacial score (nSPS) is 13.1. The summed E-state index contributed by atoms with van der Waals surface area (Å²) in [7, 11) is -3.43. The standard InChI is InChI=1S/C11H28O3Si2/c1-7-12-16(13-8-2,14-9-3)11-10-15(4,5)6/h7-11H2,1-6H3. The molecule has 0 atom stereocenters. The first-order valence-electron chi connectivity index (χ1n) is 6.31. The highest BCUT2D eigenvalue weighted by Crippen LogP contribution is 2.23. The highest BCUT2D eigenvalue weighted by molar-refractivity contribution is 6.77. The molecule has 0 N–H and O–H groups in total. The monoisotopic (exact) mass is 264 g/mol. The lowest BCUT2D eigenvalue weighted by Gasteiger charge is -2.30. The molecule has 0 saturated carbocycles. The second-order valence-electron chi connectivity index (χ2n) is 5.04. The molecule has 0 fully saturated rings. The summed E-state index contributed by atoms with van der Waals surface area (Å²) in [5.41, 5.74) is 0. The fourth-order valence-electron chi connectivity index (χ4n) is 1.53. The van der Waals surface area contributed by atoms with Crippen molar-refractivity contribution in [2.24, 2.45) is 0 Å². The van der Waals surface area contributed by atoms with E-state index in [4.69, 9.17) is 13.3 Å². The molecule has 98 valence electrons. The molecule has 0 aliphatic carbocycles. The average molecular weight is 265 g/mol. The summed E-state index contributed by atoms with van der Waals surface area (Å²) in [5.74, 6) is 0. The minimum absolute atomic E-state index is 0.678. The van der Waals surface area contributed by atoms with Crippen molar-refractivity contribution in [1.82, 2.24) is 0 Å². The number of hydrogen-bond donors (Lipinski definition) is 0. The van der Waals surface area contributed by atoms with Crippen molar-refractivity contribution in [3.8, 4) is 0 Å². The van der Waals surface area contributed by atoms with E-state index in [1.165, 1.54) is 6.04 Å². The van der Waals surface area contributed by atoms with Gasteiger partial charge in [0.15, 0.2) is 0 Å². The Morgan fingerprint density at radius 3 is 1.31 bits per heavy atom. The lowest BCUT2D eigenvalue weighted by molar-refractivity contribution is 0.0725. The second kappa shape index (κ2) is 7.60. The maximum absolute atomic E-state index is 5.82. The second-order valence-corrected chi connectivity index (χ2v) is 13.4. The summed E-state index contributed by atoms with van der Waals surface area (Å²) in [5, 5.41) is 0. The van der Waals surface area contributed by atoms with Gasteiger partial charge < -0.3 is 13.3 Å². The molecule has 0 aliphatic heterocycles. The van der Waals surface area contributed by atoms with Crippen molar-refractivity contribution < 1.29 is 13.3 Å². The van der Waals surface area contributed by atoms with Crippen molar-refractivity contribution in [2.45, 2.75) is 52.5 Å². The van der Waals surface area contributed by atoms with Crippen molar-refractivity contribution in [3.05, 3.63) is 0 Å². The van der Waals surface area contributed by atoms with E-state index in [1.54, 1.807) is 0 Å². The first-order valence-corrected chi connectivity index (χ1v) is 11.9. The smallest absolute Gasteiger partial charge is 0.374 e. The molecule has 3 nitrogen and oxygen atoms in total. The van der Waals surface area contributed by atoms with Gasteiger partial charge in [-0.05, 0) is 20.8 Å². The predicted molar refractivity (Wildman–Crippen MR) is 73.6 cm³/mol. The van der Waals surface area contributed by atoms with E-state index in [0.29, 0.717) is 19.8 Å². The lowest BCUT2D eigenvalue weighted by Crippen LogP contribution is -2.47. The molecule has 0 aromatic rings. The van der Waals surface area contributed by atoms with Crippen LogP contribution in [0.1, 0.15) is 20.8 Å². The Morgan fingerprint density at radius 1 is 0.688 bits per heavy atom. The minimum Gasteiger partial charge on any atom is -0.374 e. The molecule has 0 heterocycles. The summed E-state index contributed by atoms with van der Waals surface area (Å²) in [6, 6.07) is 2.18. The molecule has 0 aromatic carbocycles. The number of rotatable bonds is 9. The molecule has 0 bridgehead atoms. The topological polar surface area (TPSA) is 27.7 Å². The Balaban J connectivity index is 4.46. The van der Waals surface area contributed by atoms with Gasteiger partial charge in [-0.1, -0.05) is 25.7 Å².